The number of hydrogen-bond donors (Lipinski definition) is 1. The summed E-state index contributed by atoms with van der Waals surface area (Å²) in [6.07, 6.45) is 0. The lowest BCUT2D eigenvalue weighted by molar-refractivity contribution is 0.0971. The normalized spacial score (nSPS) is 15.3. The van der Waals surface area contributed by atoms with Gasteiger partial charge in [-0.15, -0.1) is 0 Å². The van der Waals surface area contributed by atoms with Gasteiger partial charge in [-0.05, 0) is 64.0 Å². The third-order valence-electron chi connectivity index (χ3n) is 5.45. The summed E-state index contributed by atoms with van der Waals surface area (Å²) >= 11 is 6.79. The number of nitrogens with zero attached hydrogens (tertiary/aromatic N) is 1. The number of carbonyl (C=O) groups is 1. The molecule has 0 radical (unpaired) electrons. The summed E-state index contributed by atoms with van der Waals surface area (Å²) in [6, 6.07) is 16.6. The number of halogens is 2. The molecule has 2 heterocycles. The van der Waals surface area contributed by atoms with E-state index in [1.807, 2.05) is 12.1 Å². The van der Waals surface area contributed by atoms with Crippen molar-refractivity contribution in [1.29, 1.82) is 0 Å². The summed E-state index contributed by atoms with van der Waals surface area (Å²) in [4.78, 5) is 28.7. The van der Waals surface area contributed by atoms with Crippen LogP contribution in [-0.4, -0.2) is 18.1 Å². The molecule has 160 valence electrons. The number of hydrogen-bond acceptors (Lipinski definition) is 5. The predicted octanol–water partition coefficient (Wildman–Crippen LogP) is 5.78. The Morgan fingerprint density at radius 2 is 1.81 bits per heavy atom. The summed E-state index contributed by atoms with van der Waals surface area (Å²) < 4.78 is 12.4. The Labute approximate surface area is 199 Å². The second-order valence-electron chi connectivity index (χ2n) is 7.28. The molecule has 0 saturated heterocycles. The Hall–Kier alpha value is -3.10. The van der Waals surface area contributed by atoms with Crippen molar-refractivity contribution in [3.8, 4) is 11.5 Å². The van der Waals surface area contributed by atoms with Crippen LogP contribution in [0.4, 0.5) is 5.69 Å². The molecule has 0 saturated carbocycles. The molecule has 0 bridgehead atoms. The molecule has 32 heavy (non-hydrogen) atoms. The van der Waals surface area contributed by atoms with E-state index in [4.69, 9.17) is 9.15 Å². The fraction of sp³-hybridized carbons (Fsp3) is 0.0833. The highest BCUT2D eigenvalue weighted by Gasteiger charge is 2.44. The van der Waals surface area contributed by atoms with E-state index >= 15 is 0 Å². The lowest BCUT2D eigenvalue weighted by atomic mass is 9.97. The van der Waals surface area contributed by atoms with Crippen molar-refractivity contribution in [2.45, 2.75) is 6.04 Å². The molecule has 4 aromatic rings. The molecule has 1 aromatic heterocycles. The van der Waals surface area contributed by atoms with Gasteiger partial charge in [0.15, 0.2) is 16.9 Å². The number of anilines is 1. The minimum Gasteiger partial charge on any atom is -0.503 e. The van der Waals surface area contributed by atoms with Gasteiger partial charge in [0, 0.05) is 10.2 Å². The van der Waals surface area contributed by atoms with E-state index in [1.54, 1.807) is 48.5 Å². The van der Waals surface area contributed by atoms with Crippen LogP contribution in [0.2, 0.25) is 0 Å². The van der Waals surface area contributed by atoms with Crippen molar-refractivity contribution < 1.29 is 19.1 Å². The quantitative estimate of drug-likeness (QED) is 0.346. The molecule has 0 fully saturated rings. The van der Waals surface area contributed by atoms with Crippen LogP contribution in [0.5, 0.6) is 11.5 Å². The smallest absolute Gasteiger partial charge is 0.295 e. The Bertz CT molecular complexity index is 1460. The second-order valence-corrected chi connectivity index (χ2v) is 9.05. The van der Waals surface area contributed by atoms with E-state index in [0.29, 0.717) is 26.7 Å². The first-order valence-electron chi connectivity index (χ1n) is 9.62. The molecule has 0 aliphatic carbocycles. The van der Waals surface area contributed by atoms with Crippen LogP contribution >= 0.6 is 31.9 Å². The molecule has 5 rings (SSSR count). The van der Waals surface area contributed by atoms with Crippen molar-refractivity contribution in [3.05, 3.63) is 96.7 Å². The lowest BCUT2D eigenvalue weighted by Crippen LogP contribution is -2.29. The second kappa shape index (κ2) is 7.79. The summed E-state index contributed by atoms with van der Waals surface area (Å²) in [5, 5.41) is 10.7. The topological polar surface area (TPSA) is 80.0 Å². The number of carbonyl (C=O) groups excluding carboxylic acids is 1. The van der Waals surface area contributed by atoms with E-state index in [1.165, 1.54) is 12.0 Å². The largest absolute Gasteiger partial charge is 0.503 e. The van der Waals surface area contributed by atoms with Gasteiger partial charge in [0.1, 0.15) is 5.58 Å². The first-order valence-corrected chi connectivity index (χ1v) is 11.2. The fourth-order valence-corrected chi connectivity index (χ4v) is 4.88. The third kappa shape index (κ3) is 3.13. The molecular formula is C24H15Br2NO5. The zero-order valence-corrected chi connectivity index (χ0v) is 19.8. The minimum absolute atomic E-state index is 0.00170. The van der Waals surface area contributed by atoms with Crippen molar-refractivity contribution in [2.24, 2.45) is 0 Å². The maximum Gasteiger partial charge on any atom is 0.295 e. The highest BCUT2D eigenvalue weighted by molar-refractivity contribution is 9.10. The third-order valence-corrected chi connectivity index (χ3v) is 6.55. The van der Waals surface area contributed by atoms with Gasteiger partial charge in [0.2, 0.25) is 5.76 Å². The molecule has 0 spiro atoms. The Morgan fingerprint density at radius 1 is 1.03 bits per heavy atom. The number of amides is 1. The maximum atomic E-state index is 13.6. The van der Waals surface area contributed by atoms with E-state index < -0.39 is 11.9 Å². The van der Waals surface area contributed by atoms with Crippen LogP contribution in [0.1, 0.15) is 27.7 Å². The van der Waals surface area contributed by atoms with Crippen LogP contribution in [-0.2, 0) is 0 Å². The lowest BCUT2D eigenvalue weighted by Gasteiger charge is -2.26. The van der Waals surface area contributed by atoms with Crippen molar-refractivity contribution in [2.75, 3.05) is 12.0 Å². The van der Waals surface area contributed by atoms with Crippen molar-refractivity contribution in [3.63, 3.8) is 0 Å². The van der Waals surface area contributed by atoms with Gasteiger partial charge in [-0.3, -0.25) is 14.5 Å². The number of para-hydroxylation sites is 1. The molecule has 1 aliphatic heterocycles. The van der Waals surface area contributed by atoms with Gasteiger partial charge in [0.05, 0.1) is 28.6 Å². The van der Waals surface area contributed by atoms with Crippen LogP contribution in [0.3, 0.4) is 0 Å². The molecule has 1 N–H and O–H groups in total. The number of methoxy groups -OCH3 is 1. The molecule has 3 aromatic carbocycles. The first-order chi connectivity index (χ1) is 15.4. The number of fused-ring (bicyclic) bond motifs is 2. The number of phenolic OH excluding ortho intramolecular Hbond substituents is 1. The van der Waals surface area contributed by atoms with E-state index in [9.17, 15) is 14.7 Å². The zero-order valence-electron chi connectivity index (χ0n) is 16.6. The SMILES string of the molecule is COc1cc(C2c3c(oc4ccccc4c3=O)C(=O)N2c2cccc(Br)c2)cc(Br)c1O. The highest BCUT2D eigenvalue weighted by atomic mass is 79.9. The number of rotatable bonds is 3. The van der Waals surface area contributed by atoms with E-state index in [2.05, 4.69) is 31.9 Å². The summed E-state index contributed by atoms with van der Waals surface area (Å²) in [6.45, 7) is 0. The molecule has 1 unspecified atom stereocenters. The molecule has 1 amide bonds. The number of benzene rings is 3. The van der Waals surface area contributed by atoms with Gasteiger partial charge in [0.25, 0.3) is 5.91 Å². The maximum absolute atomic E-state index is 13.6. The highest BCUT2D eigenvalue weighted by Crippen LogP contribution is 2.45. The summed E-state index contributed by atoms with van der Waals surface area (Å²) in [5.41, 5.74) is 1.49. The first kappa shape index (κ1) is 20.8. The molecule has 8 heteroatoms. The molecular weight excluding hydrogens is 542 g/mol. The van der Waals surface area contributed by atoms with Crippen LogP contribution in [0.15, 0.2) is 78.8 Å². The predicted molar refractivity (Wildman–Crippen MR) is 128 cm³/mol. The van der Waals surface area contributed by atoms with E-state index in [0.717, 1.165) is 4.47 Å². The number of phenols is 1. The van der Waals surface area contributed by atoms with E-state index in [-0.39, 0.29) is 28.3 Å². The Morgan fingerprint density at radius 3 is 2.56 bits per heavy atom. The Balaban J connectivity index is 1.85. The minimum atomic E-state index is -0.779. The van der Waals surface area contributed by atoms with Crippen molar-refractivity contribution >= 4 is 54.4 Å². The zero-order chi connectivity index (χ0) is 22.6. The number of ether oxygens (including phenoxy) is 1. The fourth-order valence-electron chi connectivity index (χ4n) is 4.03. The van der Waals surface area contributed by atoms with Gasteiger partial charge in [-0.25, -0.2) is 0 Å². The van der Waals surface area contributed by atoms with Crippen LogP contribution < -0.4 is 15.1 Å². The monoisotopic (exact) mass is 555 g/mol. The van der Waals surface area contributed by atoms with Crippen molar-refractivity contribution in [1.82, 2.24) is 0 Å². The molecule has 6 nitrogen and oxygen atoms in total. The standard InChI is InChI=1S/C24H15Br2NO5/c1-31-18-10-12(9-16(26)22(18)29)20-19-21(28)15-7-2-3-8-17(15)32-23(19)24(30)27(20)14-6-4-5-13(25)11-14/h2-11,20,29H,1H3. The van der Waals surface area contributed by atoms with Gasteiger partial charge >= 0.3 is 0 Å². The van der Waals surface area contributed by atoms with Gasteiger partial charge in [-0.1, -0.05) is 34.1 Å². The molecule has 1 aliphatic rings. The van der Waals surface area contributed by atoms with Crippen LogP contribution in [0.25, 0.3) is 11.0 Å². The Kier molecular flexibility index (Phi) is 5.06. The number of aromatic hydroxyl groups is 1. The average molecular weight is 557 g/mol. The molecule has 1 atom stereocenters. The van der Waals surface area contributed by atoms with Gasteiger partial charge in [-0.2, -0.15) is 0 Å². The summed E-state index contributed by atoms with van der Waals surface area (Å²) in [5.74, 6) is -0.272. The van der Waals surface area contributed by atoms with Gasteiger partial charge < -0.3 is 14.3 Å². The average Bonchev–Trinajstić information content (AvgIpc) is 3.08. The summed E-state index contributed by atoms with van der Waals surface area (Å²) in [7, 11) is 1.44. The van der Waals surface area contributed by atoms with Crippen LogP contribution in [0, 0.1) is 0 Å².